The lowest BCUT2D eigenvalue weighted by Gasteiger charge is -2.21. The molecular weight excluding hydrogens is 177 g/mol. The minimum absolute atomic E-state index is 0.458. The van der Waals surface area contributed by atoms with Gasteiger partial charge in [0.25, 0.3) is 0 Å². The predicted octanol–water partition coefficient (Wildman–Crippen LogP) is 4.01. The second kappa shape index (κ2) is 5.90. The van der Waals surface area contributed by atoms with Crippen molar-refractivity contribution in [1.82, 2.24) is 0 Å². The summed E-state index contributed by atoms with van der Waals surface area (Å²) < 4.78 is 36.2. The standard InChI is InChI=1S/C8H11F3.C2H6/c1-4-5-6-7(2,3)8(9,10)11;1-2/h4H2,1-3H3;1-2H3. The van der Waals surface area contributed by atoms with Crippen LogP contribution in [0.25, 0.3) is 0 Å². The molecule has 0 aromatic rings. The maximum Gasteiger partial charge on any atom is 0.404 e. The molecule has 0 saturated heterocycles. The van der Waals surface area contributed by atoms with Crippen molar-refractivity contribution in [3.8, 4) is 11.8 Å². The fraction of sp³-hybridized carbons (Fsp3) is 0.800. The fourth-order valence-corrected chi connectivity index (χ4v) is 0.380. The van der Waals surface area contributed by atoms with Crippen LogP contribution in [0, 0.1) is 17.3 Å². The summed E-state index contributed by atoms with van der Waals surface area (Å²) in [5.41, 5.74) is -1.87. The Morgan fingerprint density at radius 2 is 1.46 bits per heavy atom. The molecule has 0 N–H and O–H groups in total. The van der Waals surface area contributed by atoms with Crippen LogP contribution in [0.3, 0.4) is 0 Å². The second-order valence-corrected chi connectivity index (χ2v) is 2.78. The van der Waals surface area contributed by atoms with Gasteiger partial charge < -0.3 is 0 Å². The molecule has 3 heteroatoms. The summed E-state index contributed by atoms with van der Waals surface area (Å²) in [6.07, 6.45) is -3.77. The highest BCUT2D eigenvalue weighted by atomic mass is 19.4. The van der Waals surface area contributed by atoms with E-state index in [9.17, 15) is 13.2 Å². The number of rotatable bonds is 0. The smallest absolute Gasteiger partial charge is 0.169 e. The van der Waals surface area contributed by atoms with Crippen molar-refractivity contribution in [3.63, 3.8) is 0 Å². The van der Waals surface area contributed by atoms with Gasteiger partial charge >= 0.3 is 6.18 Å². The summed E-state index contributed by atoms with van der Waals surface area (Å²) in [4.78, 5) is 0. The molecule has 78 valence electrons. The maximum absolute atomic E-state index is 12.1. The zero-order chi connectivity index (χ0) is 11.1. The first kappa shape index (κ1) is 14.9. The van der Waals surface area contributed by atoms with Crippen LogP contribution in [0.5, 0.6) is 0 Å². The summed E-state index contributed by atoms with van der Waals surface area (Å²) in [6, 6.07) is 0. The third-order valence-corrected chi connectivity index (χ3v) is 1.29. The summed E-state index contributed by atoms with van der Waals surface area (Å²) in [6.45, 7) is 7.88. The van der Waals surface area contributed by atoms with Crippen molar-refractivity contribution in [2.75, 3.05) is 0 Å². The third-order valence-electron chi connectivity index (χ3n) is 1.29. The van der Waals surface area contributed by atoms with E-state index in [1.54, 1.807) is 6.92 Å². The average Bonchev–Trinajstić information content (AvgIpc) is 2.03. The molecule has 0 spiro atoms. The Labute approximate surface area is 78.5 Å². The third kappa shape index (κ3) is 5.57. The van der Waals surface area contributed by atoms with Crippen LogP contribution < -0.4 is 0 Å². The molecule has 0 nitrogen and oxygen atoms in total. The van der Waals surface area contributed by atoms with E-state index in [2.05, 4.69) is 11.8 Å². The number of halogens is 3. The van der Waals surface area contributed by atoms with Gasteiger partial charge in [0, 0.05) is 6.42 Å². The molecule has 0 aliphatic heterocycles. The monoisotopic (exact) mass is 194 g/mol. The normalized spacial score (nSPS) is 10.8. The largest absolute Gasteiger partial charge is 0.404 e. The second-order valence-electron chi connectivity index (χ2n) is 2.78. The minimum Gasteiger partial charge on any atom is -0.169 e. The Hall–Kier alpha value is -0.650. The summed E-state index contributed by atoms with van der Waals surface area (Å²) in [7, 11) is 0. The van der Waals surface area contributed by atoms with Crippen molar-refractivity contribution in [1.29, 1.82) is 0 Å². The van der Waals surface area contributed by atoms with Crippen LogP contribution in [-0.2, 0) is 0 Å². The Morgan fingerprint density at radius 1 is 1.08 bits per heavy atom. The highest BCUT2D eigenvalue weighted by molar-refractivity contribution is 5.11. The molecule has 0 unspecified atom stereocenters. The molecule has 0 aromatic carbocycles. The van der Waals surface area contributed by atoms with Gasteiger partial charge in [0.05, 0.1) is 0 Å². The average molecular weight is 194 g/mol. The van der Waals surface area contributed by atoms with Crippen molar-refractivity contribution < 1.29 is 13.2 Å². The van der Waals surface area contributed by atoms with Crippen molar-refractivity contribution in [3.05, 3.63) is 0 Å². The van der Waals surface area contributed by atoms with Crippen LogP contribution in [-0.4, -0.2) is 6.18 Å². The Bertz CT molecular complexity index is 179. The van der Waals surface area contributed by atoms with Crippen LogP contribution in [0.2, 0.25) is 0 Å². The van der Waals surface area contributed by atoms with Crippen molar-refractivity contribution in [2.24, 2.45) is 5.41 Å². The van der Waals surface area contributed by atoms with E-state index >= 15 is 0 Å². The van der Waals surface area contributed by atoms with Gasteiger partial charge in [-0.15, -0.1) is 5.92 Å². The lowest BCUT2D eigenvalue weighted by molar-refractivity contribution is -0.190. The lowest BCUT2D eigenvalue weighted by Crippen LogP contribution is -2.30. The molecule has 0 saturated carbocycles. The van der Waals surface area contributed by atoms with Gasteiger partial charge in [-0.05, 0) is 13.8 Å². The van der Waals surface area contributed by atoms with E-state index in [1.165, 1.54) is 0 Å². The van der Waals surface area contributed by atoms with Gasteiger partial charge in [-0.25, -0.2) is 0 Å². The molecule has 0 heterocycles. The van der Waals surface area contributed by atoms with E-state index in [0.717, 1.165) is 13.8 Å². The Balaban J connectivity index is 0. The molecular formula is C10H17F3. The van der Waals surface area contributed by atoms with Gasteiger partial charge in [-0.1, -0.05) is 26.7 Å². The molecule has 0 radical (unpaired) electrons. The molecule has 0 aliphatic carbocycles. The van der Waals surface area contributed by atoms with Crippen LogP contribution >= 0.6 is 0 Å². The lowest BCUT2D eigenvalue weighted by atomic mass is 9.94. The van der Waals surface area contributed by atoms with Gasteiger partial charge in [0.1, 0.15) is 5.41 Å². The number of alkyl halides is 3. The first-order chi connectivity index (χ1) is 5.81. The quantitative estimate of drug-likeness (QED) is 0.511. The van der Waals surface area contributed by atoms with Crippen molar-refractivity contribution >= 4 is 0 Å². The SMILES string of the molecule is CC.CCC#CC(C)(C)C(F)(F)F. The molecule has 0 aromatic heterocycles. The Kier molecular flexibility index (Phi) is 6.75. The highest BCUT2D eigenvalue weighted by Gasteiger charge is 2.46. The minimum atomic E-state index is -4.23. The molecule has 0 fully saturated rings. The fourth-order valence-electron chi connectivity index (χ4n) is 0.380. The van der Waals surface area contributed by atoms with Crippen LogP contribution in [0.4, 0.5) is 13.2 Å². The molecule has 0 rings (SSSR count). The maximum atomic E-state index is 12.1. The molecule has 0 aliphatic rings. The topological polar surface area (TPSA) is 0 Å². The van der Waals surface area contributed by atoms with E-state index in [-0.39, 0.29) is 0 Å². The summed E-state index contributed by atoms with van der Waals surface area (Å²) >= 11 is 0. The zero-order valence-corrected chi connectivity index (χ0v) is 8.84. The van der Waals surface area contributed by atoms with Crippen molar-refractivity contribution in [2.45, 2.75) is 47.2 Å². The number of hydrogen-bond acceptors (Lipinski definition) is 0. The number of hydrogen-bond donors (Lipinski definition) is 0. The Morgan fingerprint density at radius 3 is 1.69 bits per heavy atom. The predicted molar refractivity (Wildman–Crippen MR) is 49.3 cm³/mol. The van der Waals surface area contributed by atoms with E-state index < -0.39 is 11.6 Å². The van der Waals surface area contributed by atoms with Gasteiger partial charge in [-0.2, -0.15) is 13.2 Å². The zero-order valence-electron chi connectivity index (χ0n) is 8.84. The van der Waals surface area contributed by atoms with E-state index in [1.807, 2.05) is 13.8 Å². The van der Waals surface area contributed by atoms with Gasteiger partial charge in [0.2, 0.25) is 0 Å². The van der Waals surface area contributed by atoms with E-state index in [4.69, 9.17) is 0 Å². The van der Waals surface area contributed by atoms with Gasteiger partial charge in [-0.3, -0.25) is 0 Å². The first-order valence-corrected chi connectivity index (χ1v) is 4.38. The molecule has 0 bridgehead atoms. The van der Waals surface area contributed by atoms with Crippen LogP contribution in [0.1, 0.15) is 41.0 Å². The molecule has 13 heavy (non-hydrogen) atoms. The summed E-state index contributed by atoms with van der Waals surface area (Å²) in [5, 5.41) is 0. The van der Waals surface area contributed by atoms with Crippen LogP contribution in [0.15, 0.2) is 0 Å². The highest BCUT2D eigenvalue weighted by Crippen LogP contribution is 2.36. The summed E-state index contributed by atoms with van der Waals surface area (Å²) in [5.74, 6) is 4.60. The van der Waals surface area contributed by atoms with E-state index in [0.29, 0.717) is 6.42 Å². The van der Waals surface area contributed by atoms with Gasteiger partial charge in [0.15, 0.2) is 0 Å². The molecule has 0 amide bonds. The first-order valence-electron chi connectivity index (χ1n) is 4.38. The molecule has 0 atom stereocenters.